The summed E-state index contributed by atoms with van der Waals surface area (Å²) in [5.74, 6) is -0.518. The van der Waals surface area contributed by atoms with Crippen molar-refractivity contribution in [3.63, 3.8) is 0 Å². The number of hydrogen-bond acceptors (Lipinski definition) is 5. The van der Waals surface area contributed by atoms with E-state index in [-0.39, 0.29) is 18.6 Å². The molecule has 2 rings (SSSR count). The highest BCUT2D eigenvalue weighted by molar-refractivity contribution is 5.96. The van der Waals surface area contributed by atoms with Crippen LogP contribution in [0.4, 0.5) is 5.69 Å². The average Bonchev–Trinajstić information content (AvgIpc) is 2.47. The molecule has 102 valence electrons. The van der Waals surface area contributed by atoms with Crippen molar-refractivity contribution in [2.24, 2.45) is 5.73 Å². The van der Waals surface area contributed by atoms with Crippen LogP contribution in [0.2, 0.25) is 0 Å². The van der Waals surface area contributed by atoms with Crippen LogP contribution in [0, 0.1) is 0 Å². The summed E-state index contributed by atoms with van der Waals surface area (Å²) in [5, 5.41) is 0. The largest absolute Gasteiger partial charge is 0.465 e. The quantitative estimate of drug-likeness (QED) is 0.787. The van der Waals surface area contributed by atoms with Crippen LogP contribution in [0.15, 0.2) is 24.3 Å². The summed E-state index contributed by atoms with van der Waals surface area (Å²) in [7, 11) is 1.33. The SMILES string of the molecule is COC(=O)c1ccc(N2CC(CN)OCC2=O)cc1. The second-order valence-electron chi connectivity index (χ2n) is 4.21. The molecule has 2 N–H and O–H groups in total. The molecule has 1 unspecified atom stereocenters. The van der Waals surface area contributed by atoms with Gasteiger partial charge in [0.15, 0.2) is 0 Å². The van der Waals surface area contributed by atoms with Gasteiger partial charge in [-0.15, -0.1) is 0 Å². The van der Waals surface area contributed by atoms with Gasteiger partial charge in [0.05, 0.1) is 25.3 Å². The normalized spacial score (nSPS) is 19.4. The predicted octanol–water partition coefficient (Wildman–Crippen LogP) is 0.164. The summed E-state index contributed by atoms with van der Waals surface area (Å²) in [6, 6.07) is 6.68. The highest BCUT2D eigenvalue weighted by atomic mass is 16.5. The number of morpholine rings is 1. The lowest BCUT2D eigenvalue weighted by Gasteiger charge is -2.32. The number of ether oxygens (including phenoxy) is 2. The number of rotatable bonds is 3. The number of amides is 1. The number of anilines is 1. The molecule has 1 aromatic carbocycles. The third kappa shape index (κ3) is 2.91. The first-order valence-electron chi connectivity index (χ1n) is 5.96. The van der Waals surface area contributed by atoms with Crippen molar-refractivity contribution in [1.82, 2.24) is 0 Å². The van der Waals surface area contributed by atoms with Gasteiger partial charge in [-0.05, 0) is 24.3 Å². The van der Waals surface area contributed by atoms with E-state index in [9.17, 15) is 9.59 Å². The Balaban J connectivity index is 2.16. The molecular weight excluding hydrogens is 248 g/mol. The lowest BCUT2D eigenvalue weighted by atomic mass is 10.1. The molecule has 1 amide bonds. The molecule has 0 aliphatic carbocycles. The van der Waals surface area contributed by atoms with Crippen molar-refractivity contribution < 1.29 is 19.1 Å². The molecule has 0 saturated carbocycles. The third-order valence-corrected chi connectivity index (χ3v) is 2.99. The van der Waals surface area contributed by atoms with Gasteiger partial charge in [0, 0.05) is 12.2 Å². The standard InChI is InChI=1S/C13H16N2O4/c1-18-13(17)9-2-4-10(5-3-9)15-7-11(6-14)19-8-12(15)16/h2-5,11H,6-8,14H2,1H3. The number of methoxy groups -OCH3 is 1. The molecule has 1 atom stereocenters. The Hall–Kier alpha value is -1.92. The third-order valence-electron chi connectivity index (χ3n) is 2.99. The second-order valence-corrected chi connectivity index (χ2v) is 4.21. The molecule has 6 nitrogen and oxygen atoms in total. The van der Waals surface area contributed by atoms with E-state index in [4.69, 9.17) is 10.5 Å². The van der Waals surface area contributed by atoms with Gasteiger partial charge in [-0.3, -0.25) is 4.79 Å². The minimum absolute atomic E-state index is 0.0284. The van der Waals surface area contributed by atoms with Gasteiger partial charge in [-0.1, -0.05) is 0 Å². The summed E-state index contributed by atoms with van der Waals surface area (Å²) in [5.41, 5.74) is 6.71. The van der Waals surface area contributed by atoms with Gasteiger partial charge in [0.1, 0.15) is 6.61 Å². The van der Waals surface area contributed by atoms with Gasteiger partial charge < -0.3 is 20.1 Å². The van der Waals surface area contributed by atoms with Crippen molar-refractivity contribution in [3.8, 4) is 0 Å². The second kappa shape index (κ2) is 5.81. The van der Waals surface area contributed by atoms with E-state index < -0.39 is 5.97 Å². The van der Waals surface area contributed by atoms with Crippen LogP contribution in [0.5, 0.6) is 0 Å². The fraction of sp³-hybridized carbons (Fsp3) is 0.385. The zero-order valence-corrected chi connectivity index (χ0v) is 10.7. The summed E-state index contributed by atoms with van der Waals surface area (Å²) < 4.78 is 9.90. The monoisotopic (exact) mass is 264 g/mol. The van der Waals surface area contributed by atoms with Crippen LogP contribution >= 0.6 is 0 Å². The average molecular weight is 264 g/mol. The highest BCUT2D eigenvalue weighted by Crippen LogP contribution is 2.19. The number of nitrogens with two attached hydrogens (primary N) is 1. The minimum atomic E-state index is -0.403. The van der Waals surface area contributed by atoms with Crippen molar-refractivity contribution >= 4 is 17.6 Å². The Morgan fingerprint density at radius 1 is 1.47 bits per heavy atom. The molecule has 1 aliphatic heterocycles. The zero-order valence-electron chi connectivity index (χ0n) is 10.7. The number of benzene rings is 1. The molecular formula is C13H16N2O4. The van der Waals surface area contributed by atoms with Crippen LogP contribution in [0.1, 0.15) is 10.4 Å². The first-order chi connectivity index (χ1) is 9.15. The Labute approximate surface area is 111 Å². The fourth-order valence-electron chi connectivity index (χ4n) is 1.91. The van der Waals surface area contributed by atoms with E-state index in [1.807, 2.05) is 0 Å². The van der Waals surface area contributed by atoms with E-state index >= 15 is 0 Å². The summed E-state index contributed by atoms with van der Waals surface area (Å²) in [6.07, 6.45) is -0.155. The lowest BCUT2D eigenvalue weighted by molar-refractivity contribution is -0.128. The van der Waals surface area contributed by atoms with Crippen LogP contribution in [-0.2, 0) is 14.3 Å². The van der Waals surface area contributed by atoms with Crippen molar-refractivity contribution in [2.75, 3.05) is 31.7 Å². The maximum absolute atomic E-state index is 11.8. The smallest absolute Gasteiger partial charge is 0.337 e. The minimum Gasteiger partial charge on any atom is -0.465 e. The molecule has 0 aromatic heterocycles. The molecule has 0 radical (unpaired) electrons. The Kier molecular flexibility index (Phi) is 4.13. The number of carbonyl (C=O) groups is 2. The van der Waals surface area contributed by atoms with E-state index in [0.717, 1.165) is 5.69 Å². The van der Waals surface area contributed by atoms with Gasteiger partial charge in [-0.2, -0.15) is 0 Å². The molecule has 0 bridgehead atoms. The molecule has 6 heteroatoms. The molecule has 1 aromatic rings. The molecule has 1 aliphatic rings. The number of carbonyl (C=O) groups excluding carboxylic acids is 2. The topological polar surface area (TPSA) is 81.9 Å². The van der Waals surface area contributed by atoms with E-state index in [1.54, 1.807) is 29.2 Å². The summed E-state index contributed by atoms with van der Waals surface area (Å²) in [6.45, 7) is 0.817. The number of esters is 1. The first kappa shape index (κ1) is 13.5. The Bertz CT molecular complexity index is 472. The van der Waals surface area contributed by atoms with Crippen molar-refractivity contribution in [3.05, 3.63) is 29.8 Å². The molecule has 19 heavy (non-hydrogen) atoms. The Morgan fingerprint density at radius 2 is 2.16 bits per heavy atom. The number of nitrogens with zero attached hydrogens (tertiary/aromatic N) is 1. The highest BCUT2D eigenvalue weighted by Gasteiger charge is 2.26. The van der Waals surface area contributed by atoms with Crippen LogP contribution in [0.3, 0.4) is 0 Å². The van der Waals surface area contributed by atoms with Crippen molar-refractivity contribution in [1.29, 1.82) is 0 Å². The van der Waals surface area contributed by atoms with Gasteiger partial charge >= 0.3 is 5.97 Å². The van der Waals surface area contributed by atoms with Gasteiger partial charge in [-0.25, -0.2) is 4.79 Å². The van der Waals surface area contributed by atoms with Crippen LogP contribution in [-0.4, -0.2) is 44.8 Å². The van der Waals surface area contributed by atoms with Crippen molar-refractivity contribution in [2.45, 2.75) is 6.10 Å². The van der Waals surface area contributed by atoms with E-state index in [1.165, 1.54) is 7.11 Å². The predicted molar refractivity (Wildman–Crippen MR) is 68.9 cm³/mol. The summed E-state index contributed by atoms with van der Waals surface area (Å²) >= 11 is 0. The molecule has 1 heterocycles. The van der Waals surface area contributed by atoms with E-state index in [2.05, 4.69) is 4.74 Å². The van der Waals surface area contributed by atoms with Crippen LogP contribution < -0.4 is 10.6 Å². The maximum atomic E-state index is 11.8. The summed E-state index contributed by atoms with van der Waals surface area (Å²) in [4.78, 5) is 24.7. The molecule has 1 fully saturated rings. The maximum Gasteiger partial charge on any atom is 0.337 e. The zero-order chi connectivity index (χ0) is 13.8. The molecule has 1 saturated heterocycles. The first-order valence-corrected chi connectivity index (χ1v) is 5.96. The van der Waals surface area contributed by atoms with Crippen LogP contribution in [0.25, 0.3) is 0 Å². The number of hydrogen-bond donors (Lipinski definition) is 1. The van der Waals surface area contributed by atoms with Gasteiger partial charge in [0.2, 0.25) is 0 Å². The van der Waals surface area contributed by atoms with Gasteiger partial charge in [0.25, 0.3) is 5.91 Å². The Morgan fingerprint density at radius 3 is 2.74 bits per heavy atom. The fourth-order valence-corrected chi connectivity index (χ4v) is 1.91. The van der Waals surface area contributed by atoms with E-state index in [0.29, 0.717) is 18.7 Å². The molecule has 0 spiro atoms. The lowest BCUT2D eigenvalue weighted by Crippen LogP contribution is -2.49.